The van der Waals surface area contributed by atoms with Gasteiger partial charge in [-0.15, -0.1) is 0 Å². The van der Waals surface area contributed by atoms with Crippen LogP contribution in [0, 0.1) is 0 Å². The Morgan fingerprint density at radius 1 is 0.879 bits per heavy atom. The number of hydrogen-bond donors (Lipinski definition) is 0. The van der Waals surface area contributed by atoms with Crippen molar-refractivity contribution in [2.45, 2.75) is 12.8 Å². The number of likely N-dealkylation sites (tertiary alicyclic amines) is 1. The van der Waals surface area contributed by atoms with E-state index in [-0.39, 0.29) is 0 Å². The number of ether oxygens (including phenoxy) is 3. The van der Waals surface area contributed by atoms with E-state index >= 15 is 0 Å². The molecule has 0 unspecified atom stereocenters. The van der Waals surface area contributed by atoms with Crippen LogP contribution in [0.25, 0.3) is 11.1 Å². The summed E-state index contributed by atoms with van der Waals surface area (Å²) in [6.45, 7) is 4.56. The molecule has 4 nitrogen and oxygen atoms in total. The molecule has 5 heteroatoms. The van der Waals surface area contributed by atoms with Gasteiger partial charge in [-0.2, -0.15) is 0 Å². The van der Waals surface area contributed by atoms with Crippen molar-refractivity contribution in [2.75, 3.05) is 40.0 Å². The molecule has 5 rings (SSSR count). The number of halogens is 1. The lowest BCUT2D eigenvalue weighted by Crippen LogP contribution is -2.25. The lowest BCUT2D eigenvalue weighted by Gasteiger charge is -2.25. The van der Waals surface area contributed by atoms with Gasteiger partial charge in [0.2, 0.25) is 0 Å². The average Bonchev–Trinajstić information content (AvgIpc) is 3.38. The zero-order valence-electron chi connectivity index (χ0n) is 18.9. The van der Waals surface area contributed by atoms with E-state index in [0.29, 0.717) is 13.2 Å². The molecular weight excluding hydrogens is 434 g/mol. The molecule has 2 heterocycles. The van der Waals surface area contributed by atoms with E-state index in [1.54, 1.807) is 7.11 Å². The predicted molar refractivity (Wildman–Crippen MR) is 133 cm³/mol. The van der Waals surface area contributed by atoms with Crippen LogP contribution in [0.2, 0.25) is 5.02 Å². The second-order valence-electron chi connectivity index (χ2n) is 8.43. The zero-order chi connectivity index (χ0) is 22.6. The minimum absolute atomic E-state index is 0.477. The van der Waals surface area contributed by atoms with E-state index in [2.05, 4.69) is 35.2 Å². The van der Waals surface area contributed by atoms with Crippen molar-refractivity contribution in [3.63, 3.8) is 0 Å². The molecule has 0 amide bonds. The summed E-state index contributed by atoms with van der Waals surface area (Å²) in [6.07, 6.45) is 2.60. The van der Waals surface area contributed by atoms with Crippen LogP contribution in [0.1, 0.15) is 29.5 Å². The summed E-state index contributed by atoms with van der Waals surface area (Å²) in [7, 11) is 1.67. The molecule has 3 aromatic carbocycles. The first-order chi connectivity index (χ1) is 16.2. The maximum Gasteiger partial charge on any atom is 0.131 e. The van der Waals surface area contributed by atoms with Crippen molar-refractivity contribution in [1.82, 2.24) is 4.90 Å². The molecule has 0 aliphatic carbocycles. The Bertz CT molecular complexity index is 1130. The highest BCUT2D eigenvalue weighted by Gasteiger charge is 2.23. The SMILES string of the molecule is COc1ccc2c(c1)OCC(c1ccc(Cl)cc1)=C2c1ccc(OCCN2CCCC2)cc1. The fourth-order valence-corrected chi connectivity index (χ4v) is 4.69. The third kappa shape index (κ3) is 4.87. The zero-order valence-corrected chi connectivity index (χ0v) is 19.6. The van der Waals surface area contributed by atoms with Gasteiger partial charge in [-0.25, -0.2) is 0 Å². The van der Waals surface area contributed by atoms with Gasteiger partial charge in [0.15, 0.2) is 0 Å². The third-order valence-corrected chi connectivity index (χ3v) is 6.59. The van der Waals surface area contributed by atoms with Crippen molar-refractivity contribution in [3.8, 4) is 17.2 Å². The minimum atomic E-state index is 0.477. The van der Waals surface area contributed by atoms with Gasteiger partial charge in [-0.05, 0) is 79.0 Å². The molecule has 3 aromatic rings. The van der Waals surface area contributed by atoms with Crippen molar-refractivity contribution in [3.05, 3.63) is 88.4 Å². The minimum Gasteiger partial charge on any atom is -0.497 e. The third-order valence-electron chi connectivity index (χ3n) is 6.34. The van der Waals surface area contributed by atoms with Gasteiger partial charge in [-0.3, -0.25) is 4.90 Å². The number of methoxy groups -OCH3 is 1. The van der Waals surface area contributed by atoms with Gasteiger partial charge in [0.05, 0.1) is 7.11 Å². The molecule has 1 fully saturated rings. The highest BCUT2D eigenvalue weighted by Crippen LogP contribution is 2.42. The summed E-state index contributed by atoms with van der Waals surface area (Å²) in [5, 5.41) is 0.721. The van der Waals surface area contributed by atoms with Gasteiger partial charge in [0, 0.05) is 28.8 Å². The molecule has 170 valence electrons. The molecule has 0 spiro atoms. The van der Waals surface area contributed by atoms with Crippen LogP contribution in [0.5, 0.6) is 17.2 Å². The van der Waals surface area contributed by atoms with Crippen molar-refractivity contribution in [1.29, 1.82) is 0 Å². The van der Waals surface area contributed by atoms with Crippen molar-refractivity contribution in [2.24, 2.45) is 0 Å². The molecule has 33 heavy (non-hydrogen) atoms. The molecule has 0 bridgehead atoms. The quantitative estimate of drug-likeness (QED) is 0.420. The van der Waals surface area contributed by atoms with Crippen LogP contribution in [-0.2, 0) is 0 Å². The Morgan fingerprint density at radius 2 is 1.58 bits per heavy atom. The van der Waals surface area contributed by atoms with Crippen LogP contribution >= 0.6 is 11.6 Å². The molecular formula is C28H28ClNO3. The first-order valence-corrected chi connectivity index (χ1v) is 11.8. The van der Waals surface area contributed by atoms with Gasteiger partial charge in [-0.1, -0.05) is 35.9 Å². The van der Waals surface area contributed by atoms with E-state index in [4.69, 9.17) is 25.8 Å². The predicted octanol–water partition coefficient (Wildman–Crippen LogP) is 6.17. The molecule has 1 saturated heterocycles. The van der Waals surface area contributed by atoms with E-state index in [1.165, 1.54) is 25.9 Å². The van der Waals surface area contributed by atoms with Crippen molar-refractivity contribution >= 4 is 22.7 Å². The molecule has 0 N–H and O–H groups in total. The number of rotatable bonds is 7. The Morgan fingerprint density at radius 3 is 2.30 bits per heavy atom. The Balaban J connectivity index is 1.46. The monoisotopic (exact) mass is 461 g/mol. The molecule has 2 aliphatic heterocycles. The number of hydrogen-bond acceptors (Lipinski definition) is 4. The number of nitrogens with zero attached hydrogens (tertiary/aromatic N) is 1. The van der Waals surface area contributed by atoms with Crippen LogP contribution in [0.4, 0.5) is 0 Å². The Kier molecular flexibility index (Phi) is 6.56. The van der Waals surface area contributed by atoms with Crippen LogP contribution in [-0.4, -0.2) is 44.9 Å². The van der Waals surface area contributed by atoms with E-state index in [1.807, 2.05) is 36.4 Å². The highest BCUT2D eigenvalue weighted by atomic mass is 35.5. The summed E-state index contributed by atoms with van der Waals surface area (Å²) in [5.74, 6) is 2.51. The van der Waals surface area contributed by atoms with Gasteiger partial charge >= 0.3 is 0 Å². The normalized spacial score (nSPS) is 15.8. The van der Waals surface area contributed by atoms with Crippen LogP contribution < -0.4 is 14.2 Å². The summed E-state index contributed by atoms with van der Waals surface area (Å²) in [5.41, 5.74) is 5.56. The van der Waals surface area contributed by atoms with Gasteiger partial charge in [0.1, 0.15) is 30.5 Å². The maximum atomic E-state index is 6.14. The van der Waals surface area contributed by atoms with E-state index in [0.717, 1.165) is 56.7 Å². The molecule has 2 aliphatic rings. The molecule has 0 radical (unpaired) electrons. The van der Waals surface area contributed by atoms with E-state index in [9.17, 15) is 0 Å². The topological polar surface area (TPSA) is 30.9 Å². The largest absolute Gasteiger partial charge is 0.497 e. The Labute approximate surface area is 200 Å². The lowest BCUT2D eigenvalue weighted by atomic mass is 9.88. The highest BCUT2D eigenvalue weighted by molar-refractivity contribution is 6.30. The molecule has 0 aromatic heterocycles. The summed E-state index contributed by atoms with van der Waals surface area (Å²) in [6, 6.07) is 22.3. The molecule has 0 atom stereocenters. The van der Waals surface area contributed by atoms with Crippen molar-refractivity contribution < 1.29 is 14.2 Å². The van der Waals surface area contributed by atoms with Crippen LogP contribution in [0.3, 0.4) is 0 Å². The summed E-state index contributed by atoms with van der Waals surface area (Å²) >= 11 is 6.14. The molecule has 0 saturated carbocycles. The van der Waals surface area contributed by atoms with Gasteiger partial charge < -0.3 is 14.2 Å². The first-order valence-electron chi connectivity index (χ1n) is 11.5. The summed E-state index contributed by atoms with van der Waals surface area (Å²) < 4.78 is 17.6. The summed E-state index contributed by atoms with van der Waals surface area (Å²) in [4.78, 5) is 2.46. The van der Waals surface area contributed by atoms with Gasteiger partial charge in [0.25, 0.3) is 0 Å². The number of fused-ring (bicyclic) bond motifs is 1. The second kappa shape index (κ2) is 9.90. The number of benzene rings is 3. The van der Waals surface area contributed by atoms with Crippen LogP contribution in [0.15, 0.2) is 66.7 Å². The average molecular weight is 462 g/mol. The maximum absolute atomic E-state index is 6.14. The second-order valence-corrected chi connectivity index (χ2v) is 8.87. The van der Waals surface area contributed by atoms with E-state index < -0.39 is 0 Å². The lowest BCUT2D eigenvalue weighted by molar-refractivity contribution is 0.238. The first kappa shape index (κ1) is 21.9. The smallest absolute Gasteiger partial charge is 0.131 e. The Hall–Kier alpha value is -2.95. The fourth-order valence-electron chi connectivity index (χ4n) is 4.57. The standard InChI is InChI=1S/C28H28ClNO3/c1-31-24-12-13-25-27(18-24)33-19-26(20-4-8-22(29)9-5-20)28(25)21-6-10-23(11-7-21)32-17-16-30-14-2-3-15-30/h4-13,18H,2-3,14-17,19H2,1H3. The fraction of sp³-hybridized carbons (Fsp3) is 0.286.